The van der Waals surface area contributed by atoms with Gasteiger partial charge in [0, 0.05) is 42.5 Å². The molecular weight excluding hydrogens is 362 g/mol. The molecule has 152 valence electrons. The van der Waals surface area contributed by atoms with E-state index in [4.69, 9.17) is 4.74 Å². The average Bonchev–Trinajstić information content (AvgIpc) is 3.42. The van der Waals surface area contributed by atoms with Crippen LogP contribution < -0.4 is 10.1 Å². The summed E-state index contributed by atoms with van der Waals surface area (Å²) in [5, 5.41) is 4.28. The Hall–Kier alpha value is -2.79. The first kappa shape index (κ1) is 19.5. The van der Waals surface area contributed by atoms with Gasteiger partial charge < -0.3 is 19.9 Å². The molecule has 0 bridgehead atoms. The van der Waals surface area contributed by atoms with Gasteiger partial charge in [0.2, 0.25) is 5.91 Å². The predicted octanol–water partition coefficient (Wildman–Crippen LogP) is 3.91. The van der Waals surface area contributed by atoms with Crippen molar-refractivity contribution in [2.45, 2.75) is 25.2 Å². The Balaban J connectivity index is 1.54. The molecular formula is C24H29N3O2. The second kappa shape index (κ2) is 9.14. The van der Waals surface area contributed by atoms with E-state index in [1.165, 1.54) is 12.8 Å². The number of aromatic amines is 1. The number of aromatic nitrogens is 1. The van der Waals surface area contributed by atoms with Crippen LogP contribution in [0.4, 0.5) is 0 Å². The molecule has 1 saturated heterocycles. The molecule has 0 radical (unpaired) electrons. The zero-order valence-electron chi connectivity index (χ0n) is 17.0. The van der Waals surface area contributed by atoms with Crippen molar-refractivity contribution in [3.63, 3.8) is 0 Å². The molecule has 1 amide bonds. The zero-order chi connectivity index (χ0) is 20.1. The van der Waals surface area contributed by atoms with Gasteiger partial charge in [0.05, 0.1) is 7.11 Å². The van der Waals surface area contributed by atoms with Crippen LogP contribution in [0, 0.1) is 0 Å². The van der Waals surface area contributed by atoms with Gasteiger partial charge in [-0.05, 0) is 55.3 Å². The number of nitrogens with zero attached hydrogens (tertiary/aromatic N) is 1. The summed E-state index contributed by atoms with van der Waals surface area (Å²) in [6.45, 7) is 3.94. The van der Waals surface area contributed by atoms with E-state index in [1.807, 2.05) is 36.5 Å². The number of carbonyl (C=O) groups is 1. The molecule has 0 spiro atoms. The quantitative estimate of drug-likeness (QED) is 0.612. The third-order valence-electron chi connectivity index (χ3n) is 5.83. The van der Waals surface area contributed by atoms with E-state index in [1.54, 1.807) is 7.11 Å². The molecule has 1 aliphatic heterocycles. The summed E-state index contributed by atoms with van der Waals surface area (Å²) < 4.78 is 5.42. The normalized spacial score (nSPS) is 15.5. The number of hydrogen-bond donors (Lipinski definition) is 2. The molecule has 1 atom stereocenters. The van der Waals surface area contributed by atoms with E-state index in [9.17, 15) is 4.79 Å². The number of likely N-dealkylation sites (tertiary alicyclic amines) is 1. The molecule has 4 rings (SSSR count). The lowest BCUT2D eigenvalue weighted by molar-refractivity contribution is -0.121. The van der Waals surface area contributed by atoms with Crippen molar-refractivity contribution in [1.29, 1.82) is 0 Å². The number of amides is 1. The third-order valence-corrected chi connectivity index (χ3v) is 5.83. The van der Waals surface area contributed by atoms with Crippen LogP contribution >= 0.6 is 0 Å². The second-order valence-corrected chi connectivity index (χ2v) is 7.72. The Labute approximate surface area is 172 Å². The van der Waals surface area contributed by atoms with Crippen LogP contribution in [0.5, 0.6) is 5.75 Å². The highest BCUT2D eigenvalue weighted by Crippen LogP contribution is 2.34. The number of ether oxygens (including phenoxy) is 1. The predicted molar refractivity (Wildman–Crippen MR) is 116 cm³/mol. The molecule has 1 aromatic heterocycles. The zero-order valence-corrected chi connectivity index (χ0v) is 17.0. The van der Waals surface area contributed by atoms with Gasteiger partial charge in [-0.2, -0.15) is 0 Å². The van der Waals surface area contributed by atoms with Crippen molar-refractivity contribution >= 4 is 16.8 Å². The monoisotopic (exact) mass is 391 g/mol. The molecule has 0 aliphatic carbocycles. The van der Waals surface area contributed by atoms with E-state index in [2.05, 4.69) is 33.4 Å². The highest BCUT2D eigenvalue weighted by atomic mass is 16.5. The Bertz CT molecular complexity index is 959. The second-order valence-electron chi connectivity index (χ2n) is 7.72. The van der Waals surface area contributed by atoms with E-state index in [0.717, 1.165) is 47.4 Å². The van der Waals surface area contributed by atoms with Gasteiger partial charge in [-0.25, -0.2) is 0 Å². The average molecular weight is 392 g/mol. The van der Waals surface area contributed by atoms with Crippen molar-refractivity contribution in [3.05, 3.63) is 65.9 Å². The number of H-pyrrole nitrogens is 1. The number of rotatable bonds is 8. The van der Waals surface area contributed by atoms with Crippen molar-refractivity contribution in [2.75, 3.05) is 33.3 Å². The fourth-order valence-corrected chi connectivity index (χ4v) is 4.27. The van der Waals surface area contributed by atoms with Crippen LogP contribution in [0.1, 0.15) is 36.3 Å². The summed E-state index contributed by atoms with van der Waals surface area (Å²) in [6.07, 6.45) is 4.99. The van der Waals surface area contributed by atoms with Crippen LogP contribution in [0.15, 0.2) is 54.7 Å². The lowest BCUT2D eigenvalue weighted by Crippen LogP contribution is -2.34. The SMILES string of the molecule is COc1cccc([C@@H](CC(=O)NCCN2CCCC2)c2c[nH]c3ccccc23)c1. The van der Waals surface area contributed by atoms with Crippen LogP contribution in [-0.2, 0) is 4.79 Å². The molecule has 5 heteroatoms. The summed E-state index contributed by atoms with van der Waals surface area (Å²) in [4.78, 5) is 18.6. The maximum absolute atomic E-state index is 12.8. The first-order valence-corrected chi connectivity index (χ1v) is 10.4. The summed E-state index contributed by atoms with van der Waals surface area (Å²) in [5.41, 5.74) is 3.32. The van der Waals surface area contributed by atoms with Crippen molar-refractivity contribution in [1.82, 2.24) is 15.2 Å². The molecule has 1 fully saturated rings. The fraction of sp³-hybridized carbons (Fsp3) is 0.375. The largest absolute Gasteiger partial charge is 0.497 e. The van der Waals surface area contributed by atoms with Gasteiger partial charge in [0.25, 0.3) is 0 Å². The number of fused-ring (bicyclic) bond motifs is 1. The maximum Gasteiger partial charge on any atom is 0.220 e. The number of methoxy groups -OCH3 is 1. The van der Waals surface area contributed by atoms with Crippen molar-refractivity contribution < 1.29 is 9.53 Å². The minimum atomic E-state index is -0.0342. The van der Waals surface area contributed by atoms with Gasteiger partial charge in [-0.1, -0.05) is 30.3 Å². The summed E-state index contributed by atoms with van der Waals surface area (Å²) in [6, 6.07) is 16.3. The van der Waals surface area contributed by atoms with Crippen LogP contribution in [0.25, 0.3) is 10.9 Å². The molecule has 0 saturated carbocycles. The number of nitrogens with one attached hydrogen (secondary N) is 2. The van der Waals surface area contributed by atoms with Gasteiger partial charge in [0.1, 0.15) is 5.75 Å². The Morgan fingerprint density at radius 3 is 2.83 bits per heavy atom. The Morgan fingerprint density at radius 2 is 2.00 bits per heavy atom. The van der Waals surface area contributed by atoms with E-state index >= 15 is 0 Å². The van der Waals surface area contributed by atoms with Crippen LogP contribution in [-0.4, -0.2) is 49.1 Å². The Kier molecular flexibility index (Phi) is 6.15. The molecule has 2 heterocycles. The fourth-order valence-electron chi connectivity index (χ4n) is 4.27. The molecule has 1 aliphatic rings. The van der Waals surface area contributed by atoms with Gasteiger partial charge >= 0.3 is 0 Å². The van der Waals surface area contributed by atoms with Crippen molar-refractivity contribution in [3.8, 4) is 5.75 Å². The maximum atomic E-state index is 12.8. The highest BCUT2D eigenvalue weighted by molar-refractivity contribution is 5.86. The minimum Gasteiger partial charge on any atom is -0.497 e. The summed E-state index contributed by atoms with van der Waals surface area (Å²) >= 11 is 0. The van der Waals surface area contributed by atoms with Gasteiger partial charge in [-0.15, -0.1) is 0 Å². The number of hydrogen-bond acceptors (Lipinski definition) is 3. The summed E-state index contributed by atoms with van der Waals surface area (Å²) in [7, 11) is 1.67. The Morgan fingerprint density at radius 1 is 1.17 bits per heavy atom. The smallest absolute Gasteiger partial charge is 0.220 e. The van der Waals surface area contributed by atoms with E-state index < -0.39 is 0 Å². The standard InChI is InChI=1S/C24H29N3O2/c1-29-19-8-6-7-18(15-19)21(22-17-26-23-10-3-2-9-20(22)23)16-24(28)25-11-14-27-12-4-5-13-27/h2-3,6-10,15,17,21,26H,4-5,11-14,16H2,1H3,(H,25,28)/t21-/m1/s1. The lowest BCUT2D eigenvalue weighted by atomic mass is 9.88. The molecule has 2 aromatic carbocycles. The number of carbonyl (C=O) groups excluding carboxylic acids is 1. The van der Waals surface area contributed by atoms with Crippen molar-refractivity contribution in [2.24, 2.45) is 0 Å². The van der Waals surface area contributed by atoms with E-state index in [0.29, 0.717) is 13.0 Å². The molecule has 29 heavy (non-hydrogen) atoms. The first-order valence-electron chi connectivity index (χ1n) is 10.4. The van der Waals surface area contributed by atoms with Gasteiger partial charge in [0.15, 0.2) is 0 Å². The number of para-hydroxylation sites is 1. The molecule has 2 N–H and O–H groups in total. The molecule has 5 nitrogen and oxygen atoms in total. The third kappa shape index (κ3) is 4.62. The topological polar surface area (TPSA) is 57.4 Å². The first-order chi connectivity index (χ1) is 14.2. The summed E-state index contributed by atoms with van der Waals surface area (Å²) in [5.74, 6) is 0.858. The van der Waals surface area contributed by atoms with Gasteiger partial charge in [-0.3, -0.25) is 4.79 Å². The van der Waals surface area contributed by atoms with Crippen LogP contribution in [0.2, 0.25) is 0 Å². The molecule has 0 unspecified atom stereocenters. The van der Waals surface area contributed by atoms with E-state index in [-0.39, 0.29) is 11.8 Å². The lowest BCUT2D eigenvalue weighted by Gasteiger charge is -2.19. The molecule has 3 aromatic rings. The number of benzene rings is 2. The minimum absolute atomic E-state index is 0.0342. The highest BCUT2D eigenvalue weighted by Gasteiger charge is 2.22. The van der Waals surface area contributed by atoms with Crippen LogP contribution in [0.3, 0.4) is 0 Å².